The molecule has 0 saturated carbocycles. The van der Waals surface area contributed by atoms with E-state index in [9.17, 15) is 14.7 Å². The summed E-state index contributed by atoms with van der Waals surface area (Å²) >= 11 is 1.51. The molecule has 0 aliphatic heterocycles. The van der Waals surface area contributed by atoms with E-state index in [4.69, 9.17) is 0 Å². The Morgan fingerprint density at radius 3 is 2.65 bits per heavy atom. The molecule has 0 fully saturated rings. The maximum atomic E-state index is 12.1. The van der Waals surface area contributed by atoms with Gasteiger partial charge in [-0.25, -0.2) is 4.98 Å². The summed E-state index contributed by atoms with van der Waals surface area (Å²) in [6.45, 7) is 5.68. The van der Waals surface area contributed by atoms with Crippen molar-refractivity contribution in [3.05, 3.63) is 40.9 Å². The maximum absolute atomic E-state index is 12.1. The molecule has 0 aliphatic rings. The number of Topliss-reactive ketones (excluding diaryl/α,β-unsaturated/α-hetero) is 1. The van der Waals surface area contributed by atoms with E-state index >= 15 is 0 Å². The zero-order chi connectivity index (χ0) is 17.0. The first kappa shape index (κ1) is 17.3. The quantitative estimate of drug-likeness (QED) is 0.833. The number of ketones is 1. The highest BCUT2D eigenvalue weighted by Gasteiger charge is 2.24. The highest BCUT2D eigenvalue weighted by Crippen LogP contribution is 2.25. The zero-order valence-electron chi connectivity index (χ0n) is 13.6. The second-order valence-corrected chi connectivity index (χ2v) is 6.98. The van der Waals surface area contributed by atoms with Gasteiger partial charge in [0, 0.05) is 23.8 Å². The lowest BCUT2D eigenvalue weighted by Gasteiger charge is -2.14. The monoisotopic (exact) mass is 331 g/mol. The van der Waals surface area contributed by atoms with Crippen molar-refractivity contribution < 1.29 is 14.7 Å². The molecule has 2 aromatic rings. The standard InChI is InChI=1S/C18H21NO3S/c1-11(2)16(18(21)22)9-15(20)8-14-10-23-17(19-14)13-6-4-5-12(3)7-13/h4-7,10-11,16H,8-9H2,1-3H3,(H,21,22)/t16-/m1/s1. The number of aryl methyl sites for hydroxylation is 1. The highest BCUT2D eigenvalue weighted by molar-refractivity contribution is 7.13. The van der Waals surface area contributed by atoms with Crippen LogP contribution >= 0.6 is 11.3 Å². The zero-order valence-corrected chi connectivity index (χ0v) is 14.4. The van der Waals surface area contributed by atoms with Crippen molar-refractivity contribution in [3.8, 4) is 10.6 Å². The predicted molar refractivity (Wildman–Crippen MR) is 91.6 cm³/mol. The normalized spacial score (nSPS) is 12.3. The Morgan fingerprint density at radius 2 is 2.04 bits per heavy atom. The molecule has 122 valence electrons. The van der Waals surface area contributed by atoms with Crippen molar-refractivity contribution in [2.75, 3.05) is 0 Å². The molecule has 1 heterocycles. The number of carbonyl (C=O) groups excluding carboxylic acids is 1. The highest BCUT2D eigenvalue weighted by atomic mass is 32.1. The first-order chi connectivity index (χ1) is 10.9. The number of rotatable bonds is 7. The fourth-order valence-corrected chi connectivity index (χ4v) is 3.24. The molecule has 23 heavy (non-hydrogen) atoms. The van der Waals surface area contributed by atoms with Crippen molar-refractivity contribution in [2.24, 2.45) is 11.8 Å². The van der Waals surface area contributed by atoms with Gasteiger partial charge >= 0.3 is 5.97 Å². The number of carboxylic acids is 1. The van der Waals surface area contributed by atoms with Crippen molar-refractivity contribution in [3.63, 3.8) is 0 Å². The summed E-state index contributed by atoms with van der Waals surface area (Å²) in [7, 11) is 0. The number of nitrogens with zero attached hydrogens (tertiary/aromatic N) is 1. The van der Waals surface area contributed by atoms with Gasteiger partial charge in [0.25, 0.3) is 0 Å². The Kier molecular flexibility index (Phi) is 5.66. The molecule has 0 spiro atoms. The molecular formula is C18H21NO3S. The number of aliphatic carboxylic acids is 1. The van der Waals surface area contributed by atoms with E-state index in [1.807, 2.05) is 44.4 Å². The van der Waals surface area contributed by atoms with Crippen LogP contribution < -0.4 is 0 Å². The van der Waals surface area contributed by atoms with Crippen LogP contribution in [-0.4, -0.2) is 21.8 Å². The second kappa shape index (κ2) is 7.51. The SMILES string of the molecule is Cc1cccc(-c2nc(CC(=O)C[C@@H](C(=O)O)C(C)C)cs2)c1. The maximum Gasteiger partial charge on any atom is 0.307 e. The third-order valence-corrected chi connectivity index (χ3v) is 4.70. The van der Waals surface area contributed by atoms with Gasteiger partial charge in [0.15, 0.2) is 0 Å². The lowest BCUT2D eigenvalue weighted by atomic mass is 9.90. The topological polar surface area (TPSA) is 67.3 Å². The molecule has 1 N–H and O–H groups in total. The predicted octanol–water partition coefficient (Wildman–Crippen LogP) is 3.98. The second-order valence-electron chi connectivity index (χ2n) is 6.12. The first-order valence-electron chi connectivity index (χ1n) is 7.62. The minimum absolute atomic E-state index is 0.0598. The number of hydrogen-bond donors (Lipinski definition) is 1. The van der Waals surface area contributed by atoms with E-state index in [0.29, 0.717) is 5.69 Å². The van der Waals surface area contributed by atoms with Crippen LogP contribution in [0.2, 0.25) is 0 Å². The largest absolute Gasteiger partial charge is 0.481 e. The molecule has 0 amide bonds. The van der Waals surface area contributed by atoms with E-state index in [1.165, 1.54) is 11.3 Å². The van der Waals surface area contributed by atoms with Crippen LogP contribution in [0.5, 0.6) is 0 Å². The first-order valence-corrected chi connectivity index (χ1v) is 8.50. The fourth-order valence-electron chi connectivity index (χ4n) is 2.43. The summed E-state index contributed by atoms with van der Waals surface area (Å²) in [6, 6.07) is 8.07. The molecule has 0 saturated heterocycles. The van der Waals surface area contributed by atoms with Crippen LogP contribution in [0.3, 0.4) is 0 Å². The van der Waals surface area contributed by atoms with Crippen LogP contribution in [-0.2, 0) is 16.0 Å². The van der Waals surface area contributed by atoms with Crippen LogP contribution in [0.25, 0.3) is 10.6 Å². The van der Waals surface area contributed by atoms with Crippen molar-refractivity contribution in [1.29, 1.82) is 0 Å². The Morgan fingerprint density at radius 1 is 1.30 bits per heavy atom. The van der Waals surface area contributed by atoms with E-state index in [-0.39, 0.29) is 24.5 Å². The van der Waals surface area contributed by atoms with E-state index in [2.05, 4.69) is 11.1 Å². The lowest BCUT2D eigenvalue weighted by Crippen LogP contribution is -2.23. The van der Waals surface area contributed by atoms with Crippen LogP contribution in [0.1, 0.15) is 31.5 Å². The molecular weight excluding hydrogens is 310 g/mol. The Hall–Kier alpha value is -2.01. The van der Waals surface area contributed by atoms with Gasteiger partial charge in [0.05, 0.1) is 11.6 Å². The van der Waals surface area contributed by atoms with Gasteiger partial charge in [-0.2, -0.15) is 0 Å². The minimum atomic E-state index is -0.910. The van der Waals surface area contributed by atoms with Crippen LogP contribution in [0.4, 0.5) is 0 Å². The van der Waals surface area contributed by atoms with Gasteiger partial charge in [0.2, 0.25) is 0 Å². The lowest BCUT2D eigenvalue weighted by molar-refractivity contribution is -0.145. The Labute approximate surface area is 140 Å². The average Bonchev–Trinajstić information content (AvgIpc) is 2.92. The number of carbonyl (C=O) groups is 2. The average molecular weight is 331 g/mol. The summed E-state index contributed by atoms with van der Waals surface area (Å²) in [4.78, 5) is 27.8. The summed E-state index contributed by atoms with van der Waals surface area (Å²) < 4.78 is 0. The fraction of sp³-hybridized carbons (Fsp3) is 0.389. The molecule has 0 radical (unpaired) electrons. The molecule has 1 aromatic carbocycles. The Bertz CT molecular complexity index is 706. The van der Waals surface area contributed by atoms with E-state index in [0.717, 1.165) is 16.1 Å². The number of aromatic nitrogens is 1. The van der Waals surface area contributed by atoms with Gasteiger partial charge in [-0.05, 0) is 18.9 Å². The van der Waals surface area contributed by atoms with Gasteiger partial charge in [-0.15, -0.1) is 11.3 Å². The van der Waals surface area contributed by atoms with Crippen molar-refractivity contribution in [2.45, 2.75) is 33.6 Å². The Balaban J connectivity index is 2.04. The number of carboxylic acid groups (broad SMARTS) is 1. The molecule has 5 heteroatoms. The van der Waals surface area contributed by atoms with E-state index < -0.39 is 11.9 Å². The van der Waals surface area contributed by atoms with Gasteiger partial charge < -0.3 is 5.11 Å². The number of thiazole rings is 1. The van der Waals surface area contributed by atoms with Gasteiger partial charge in [-0.3, -0.25) is 9.59 Å². The molecule has 2 rings (SSSR count). The molecule has 0 unspecified atom stereocenters. The summed E-state index contributed by atoms with van der Waals surface area (Å²) in [5.74, 6) is -1.67. The van der Waals surface area contributed by atoms with Crippen LogP contribution in [0.15, 0.2) is 29.6 Å². The minimum Gasteiger partial charge on any atom is -0.481 e. The molecule has 1 atom stereocenters. The van der Waals surface area contributed by atoms with E-state index in [1.54, 1.807) is 0 Å². The summed E-state index contributed by atoms with van der Waals surface area (Å²) in [5, 5.41) is 11.9. The van der Waals surface area contributed by atoms with Crippen molar-refractivity contribution >= 4 is 23.1 Å². The smallest absolute Gasteiger partial charge is 0.307 e. The van der Waals surface area contributed by atoms with Crippen LogP contribution in [0, 0.1) is 18.8 Å². The third kappa shape index (κ3) is 4.73. The van der Waals surface area contributed by atoms with Gasteiger partial charge in [-0.1, -0.05) is 37.6 Å². The molecule has 4 nitrogen and oxygen atoms in total. The third-order valence-electron chi connectivity index (χ3n) is 3.76. The molecule has 0 aliphatic carbocycles. The number of benzene rings is 1. The van der Waals surface area contributed by atoms with Crippen molar-refractivity contribution in [1.82, 2.24) is 4.98 Å². The number of hydrogen-bond acceptors (Lipinski definition) is 4. The summed E-state index contributed by atoms with van der Waals surface area (Å²) in [5.41, 5.74) is 2.92. The molecule has 1 aromatic heterocycles. The molecule has 0 bridgehead atoms. The summed E-state index contributed by atoms with van der Waals surface area (Å²) in [6.07, 6.45) is 0.253. The van der Waals surface area contributed by atoms with Gasteiger partial charge in [0.1, 0.15) is 10.8 Å².